The second kappa shape index (κ2) is 9.05. The van der Waals surface area contributed by atoms with Crippen LogP contribution in [0.1, 0.15) is 40.0 Å². The lowest BCUT2D eigenvalue weighted by Gasteiger charge is -2.38. The second-order valence-corrected chi connectivity index (χ2v) is 9.09. The van der Waals surface area contributed by atoms with Crippen LogP contribution in [0.5, 0.6) is 0 Å². The van der Waals surface area contributed by atoms with Crippen LogP contribution in [0.15, 0.2) is 24.0 Å². The van der Waals surface area contributed by atoms with E-state index in [1.165, 1.54) is 0 Å². The molecule has 2 rings (SSSR count). The van der Waals surface area contributed by atoms with Crippen LogP contribution in [0.3, 0.4) is 0 Å². The minimum atomic E-state index is -3.58. The molecule has 10 heteroatoms. The summed E-state index contributed by atoms with van der Waals surface area (Å²) in [6, 6.07) is -0.413. The van der Waals surface area contributed by atoms with Crippen molar-refractivity contribution in [2.75, 3.05) is 13.2 Å². The summed E-state index contributed by atoms with van der Waals surface area (Å²) in [5, 5.41) is 2.72. The van der Waals surface area contributed by atoms with Crippen LogP contribution in [0, 0.1) is 5.92 Å². The number of rotatable bonds is 7. The highest BCUT2D eigenvalue weighted by Gasteiger charge is 2.40. The Hall–Kier alpha value is -1.62. The summed E-state index contributed by atoms with van der Waals surface area (Å²) in [5.74, 6) is 0.379. The largest absolute Gasteiger partial charge is 0.497 e. The van der Waals surface area contributed by atoms with Crippen LogP contribution in [0.25, 0.3) is 0 Å². The molecule has 5 N–H and O–H groups in total. The Kier molecular flexibility index (Phi) is 7.26. The number of allylic oxidation sites excluding steroid dienone is 2. The van der Waals surface area contributed by atoms with Gasteiger partial charge in [-0.05, 0) is 46.1 Å². The molecule has 1 unspecified atom stereocenters. The molecule has 154 valence electrons. The molecule has 1 aliphatic heterocycles. The van der Waals surface area contributed by atoms with Gasteiger partial charge in [0.25, 0.3) is 10.2 Å². The molecule has 0 aromatic heterocycles. The fraction of sp³-hybridized carbons (Fsp3) is 0.706. The highest BCUT2D eigenvalue weighted by molar-refractivity contribution is 7.87. The molecule has 0 radical (unpaired) electrons. The van der Waals surface area contributed by atoms with E-state index in [1.54, 1.807) is 12.2 Å². The molecule has 1 fully saturated rings. The van der Waals surface area contributed by atoms with Gasteiger partial charge in [-0.15, -0.1) is 0 Å². The molecule has 0 aromatic carbocycles. The van der Waals surface area contributed by atoms with Gasteiger partial charge < -0.3 is 20.5 Å². The minimum absolute atomic E-state index is 0.285. The lowest BCUT2D eigenvalue weighted by Crippen LogP contribution is -2.64. The normalized spacial score (nSPS) is 26.7. The fourth-order valence-electron chi connectivity index (χ4n) is 2.90. The highest BCUT2D eigenvalue weighted by atomic mass is 32.2. The quantitative estimate of drug-likeness (QED) is 0.467. The number of hydrogen-bond acceptors (Lipinski definition) is 6. The lowest BCUT2D eigenvalue weighted by atomic mass is 9.91. The number of ether oxygens (including phenoxy) is 2. The van der Waals surface area contributed by atoms with Crippen LogP contribution in [0.4, 0.5) is 4.79 Å². The van der Waals surface area contributed by atoms with Gasteiger partial charge in [-0.3, -0.25) is 0 Å². The van der Waals surface area contributed by atoms with Gasteiger partial charge in [-0.2, -0.15) is 17.9 Å². The lowest BCUT2D eigenvalue weighted by molar-refractivity contribution is 0.0526. The van der Waals surface area contributed by atoms with Crippen molar-refractivity contribution in [2.24, 2.45) is 11.7 Å². The fourth-order valence-corrected chi connectivity index (χ4v) is 4.06. The Labute approximate surface area is 160 Å². The third-order valence-corrected chi connectivity index (χ3v) is 5.19. The van der Waals surface area contributed by atoms with E-state index in [9.17, 15) is 13.2 Å². The predicted molar refractivity (Wildman–Crippen MR) is 102 cm³/mol. The van der Waals surface area contributed by atoms with Crippen molar-refractivity contribution in [2.45, 2.75) is 57.8 Å². The molecule has 0 spiro atoms. The van der Waals surface area contributed by atoms with Gasteiger partial charge in [0, 0.05) is 6.54 Å². The number of fused-ring (bicyclic) bond motifs is 1. The van der Waals surface area contributed by atoms with Crippen LogP contribution in [-0.2, 0) is 19.7 Å². The van der Waals surface area contributed by atoms with Crippen molar-refractivity contribution in [3.63, 3.8) is 0 Å². The van der Waals surface area contributed by atoms with Gasteiger partial charge in [0.15, 0.2) is 0 Å². The van der Waals surface area contributed by atoms with E-state index >= 15 is 0 Å². The van der Waals surface area contributed by atoms with Gasteiger partial charge in [0.1, 0.15) is 11.4 Å². The molecule has 0 aromatic rings. The SMILES string of the molecule is CC(C)(C)OC(=O)NCCCCCOC1=CC=C[C@@H]2NS(=O)(=O)N[C@H](N)C12. The maximum Gasteiger partial charge on any atom is 0.407 e. The second-order valence-electron chi connectivity index (χ2n) is 7.61. The van der Waals surface area contributed by atoms with Crippen molar-refractivity contribution in [3.05, 3.63) is 24.0 Å². The summed E-state index contributed by atoms with van der Waals surface area (Å²) >= 11 is 0. The van der Waals surface area contributed by atoms with E-state index in [4.69, 9.17) is 15.2 Å². The molecule has 1 heterocycles. The van der Waals surface area contributed by atoms with Crippen molar-refractivity contribution >= 4 is 16.3 Å². The maximum atomic E-state index is 11.7. The Balaban J connectivity index is 1.65. The van der Waals surface area contributed by atoms with Gasteiger partial charge in [-0.1, -0.05) is 12.2 Å². The standard InChI is InChI=1S/C17H30N4O5S/c1-17(2,3)26-16(22)19-10-5-4-6-11-25-13-9-7-8-12-14(13)15(18)21-27(23,24)20-12/h7-9,12,14-15,20-21H,4-6,10-11,18H2,1-3H3,(H,19,22)/t12-,14?,15-/m0/s1. The number of alkyl carbamates (subject to hydrolysis) is 1. The highest BCUT2D eigenvalue weighted by Crippen LogP contribution is 2.27. The third-order valence-electron chi connectivity index (χ3n) is 4.02. The van der Waals surface area contributed by atoms with E-state index in [1.807, 2.05) is 26.8 Å². The Bertz CT molecular complexity index is 684. The summed E-state index contributed by atoms with van der Waals surface area (Å²) in [4.78, 5) is 11.5. The van der Waals surface area contributed by atoms with Crippen LogP contribution >= 0.6 is 0 Å². The number of unbranched alkanes of at least 4 members (excludes halogenated alkanes) is 2. The summed E-state index contributed by atoms with van der Waals surface area (Å²) in [6.07, 6.45) is 6.69. The average Bonchev–Trinajstić information content (AvgIpc) is 2.50. The van der Waals surface area contributed by atoms with Crippen LogP contribution in [-0.4, -0.2) is 45.5 Å². The number of nitrogens with two attached hydrogens (primary N) is 1. The third kappa shape index (κ3) is 7.13. The number of carbonyl (C=O) groups is 1. The topological polar surface area (TPSA) is 132 Å². The smallest absolute Gasteiger partial charge is 0.407 e. The van der Waals surface area contributed by atoms with Crippen molar-refractivity contribution < 1.29 is 22.7 Å². The molecular formula is C17H30N4O5S. The first-order valence-corrected chi connectivity index (χ1v) is 10.6. The van der Waals surface area contributed by atoms with E-state index < -0.39 is 34.1 Å². The maximum absolute atomic E-state index is 11.7. The van der Waals surface area contributed by atoms with E-state index in [-0.39, 0.29) is 5.92 Å². The zero-order chi connectivity index (χ0) is 20.1. The summed E-state index contributed by atoms with van der Waals surface area (Å²) in [5.41, 5.74) is 5.46. The summed E-state index contributed by atoms with van der Waals surface area (Å²) in [7, 11) is -3.58. The first-order valence-electron chi connectivity index (χ1n) is 9.11. The van der Waals surface area contributed by atoms with E-state index in [0.29, 0.717) is 18.9 Å². The predicted octanol–water partition coefficient (Wildman–Crippen LogP) is 0.859. The number of hydrogen-bond donors (Lipinski definition) is 4. The summed E-state index contributed by atoms with van der Waals surface area (Å²) < 4.78 is 39.2. The molecule has 1 amide bonds. The minimum Gasteiger partial charge on any atom is -0.497 e. The number of carbonyl (C=O) groups excluding carboxylic acids is 1. The molecule has 9 nitrogen and oxygen atoms in total. The Morgan fingerprint density at radius 1 is 1.26 bits per heavy atom. The van der Waals surface area contributed by atoms with Crippen LogP contribution in [0.2, 0.25) is 0 Å². The molecule has 27 heavy (non-hydrogen) atoms. The van der Waals surface area contributed by atoms with Gasteiger partial charge >= 0.3 is 6.09 Å². The number of nitrogens with one attached hydrogen (secondary N) is 3. The molecule has 0 bridgehead atoms. The zero-order valence-corrected chi connectivity index (χ0v) is 16.8. The van der Waals surface area contributed by atoms with Crippen molar-refractivity contribution in [1.29, 1.82) is 0 Å². The zero-order valence-electron chi connectivity index (χ0n) is 16.0. The van der Waals surface area contributed by atoms with Gasteiger partial charge in [0.2, 0.25) is 0 Å². The van der Waals surface area contributed by atoms with Gasteiger partial charge in [0.05, 0.1) is 24.7 Å². The molecule has 1 saturated heterocycles. The molecule has 2 aliphatic rings. The van der Waals surface area contributed by atoms with Crippen LogP contribution < -0.4 is 20.5 Å². The number of amides is 1. The van der Waals surface area contributed by atoms with Crippen molar-refractivity contribution in [3.8, 4) is 0 Å². The monoisotopic (exact) mass is 402 g/mol. The Morgan fingerprint density at radius 3 is 2.70 bits per heavy atom. The first-order chi connectivity index (χ1) is 12.6. The Morgan fingerprint density at radius 2 is 2.00 bits per heavy atom. The first kappa shape index (κ1) is 21.7. The van der Waals surface area contributed by atoms with E-state index in [2.05, 4.69) is 14.8 Å². The summed E-state index contributed by atoms with van der Waals surface area (Å²) in [6.45, 7) is 6.50. The molecular weight excluding hydrogens is 372 g/mol. The van der Waals surface area contributed by atoms with Crippen molar-refractivity contribution in [1.82, 2.24) is 14.8 Å². The molecule has 1 aliphatic carbocycles. The molecule has 0 saturated carbocycles. The average molecular weight is 403 g/mol. The van der Waals surface area contributed by atoms with E-state index in [0.717, 1.165) is 19.3 Å². The molecule has 3 atom stereocenters. The van der Waals surface area contributed by atoms with Gasteiger partial charge in [-0.25, -0.2) is 4.79 Å².